The number of carbonyl (C=O) groups is 1. The van der Waals surface area contributed by atoms with Gasteiger partial charge in [0.15, 0.2) is 0 Å². The first-order valence-corrected chi connectivity index (χ1v) is 9.56. The van der Waals surface area contributed by atoms with E-state index in [1.165, 1.54) is 6.20 Å². The van der Waals surface area contributed by atoms with Crippen molar-refractivity contribution in [1.29, 1.82) is 0 Å². The smallest absolute Gasteiger partial charge is 0.259 e. The van der Waals surface area contributed by atoms with Gasteiger partial charge in [-0.1, -0.05) is 30.3 Å². The third-order valence-electron chi connectivity index (χ3n) is 3.83. The number of sulfonamides is 1. The van der Waals surface area contributed by atoms with Crippen LogP contribution in [0.3, 0.4) is 0 Å². The number of nitrogens with one attached hydrogen (secondary N) is 1. The summed E-state index contributed by atoms with van der Waals surface area (Å²) in [6, 6.07) is 16.0. The molecule has 0 radical (unpaired) electrons. The van der Waals surface area contributed by atoms with Crippen LogP contribution in [-0.4, -0.2) is 24.1 Å². The molecule has 1 aromatic heterocycles. The maximum atomic E-state index is 12.5. The van der Waals surface area contributed by atoms with Crippen LogP contribution >= 0.6 is 0 Å². The lowest BCUT2D eigenvalue weighted by Crippen LogP contribution is -2.15. The molecule has 1 amide bonds. The van der Waals surface area contributed by atoms with Crippen LogP contribution in [0.15, 0.2) is 60.8 Å². The lowest BCUT2D eigenvalue weighted by molar-refractivity contribution is 0.102. The number of hydrogen-bond acceptors (Lipinski definition) is 4. The van der Waals surface area contributed by atoms with Crippen molar-refractivity contribution >= 4 is 21.6 Å². The molecule has 3 N–H and O–H groups in total. The summed E-state index contributed by atoms with van der Waals surface area (Å²) in [6.07, 6.45) is 1.52. The van der Waals surface area contributed by atoms with Crippen molar-refractivity contribution in [1.82, 2.24) is 9.78 Å². The Morgan fingerprint density at radius 2 is 1.77 bits per heavy atom. The van der Waals surface area contributed by atoms with Crippen molar-refractivity contribution in [2.75, 3.05) is 5.32 Å². The van der Waals surface area contributed by atoms with Gasteiger partial charge < -0.3 is 5.32 Å². The van der Waals surface area contributed by atoms with Gasteiger partial charge in [0.1, 0.15) is 0 Å². The summed E-state index contributed by atoms with van der Waals surface area (Å²) >= 11 is 0. The molecule has 0 saturated carbocycles. The molecule has 0 atom stereocenters. The molecule has 0 aliphatic heterocycles. The predicted octanol–water partition coefficient (Wildman–Crippen LogP) is 2.22. The lowest BCUT2D eigenvalue weighted by atomic mass is 10.2. The number of para-hydroxylation sites is 1. The molecular formula is C18H18N4O3S. The zero-order valence-corrected chi connectivity index (χ0v) is 14.9. The minimum Gasteiger partial charge on any atom is -0.322 e. The van der Waals surface area contributed by atoms with Crippen molar-refractivity contribution in [3.05, 3.63) is 77.6 Å². The van der Waals surface area contributed by atoms with Crippen molar-refractivity contribution in [3.63, 3.8) is 0 Å². The first-order chi connectivity index (χ1) is 12.3. The Morgan fingerprint density at radius 1 is 1.12 bits per heavy atom. The Hall–Kier alpha value is -2.97. The molecule has 1 heterocycles. The van der Waals surface area contributed by atoms with Gasteiger partial charge in [0, 0.05) is 5.69 Å². The summed E-state index contributed by atoms with van der Waals surface area (Å²) in [7, 11) is -3.58. The SMILES string of the molecule is Cc1c(C(=O)Nc2ccc(CS(N)(=O)=O)cc2)cnn1-c1ccccc1. The number of rotatable bonds is 5. The Balaban J connectivity index is 1.76. The van der Waals surface area contributed by atoms with Crippen molar-refractivity contribution < 1.29 is 13.2 Å². The molecule has 0 aliphatic rings. The summed E-state index contributed by atoms with van der Waals surface area (Å²) in [5, 5.41) is 12.1. The zero-order valence-electron chi connectivity index (χ0n) is 14.1. The van der Waals surface area contributed by atoms with E-state index >= 15 is 0 Å². The number of benzene rings is 2. The van der Waals surface area contributed by atoms with Crippen LogP contribution in [0.5, 0.6) is 0 Å². The molecule has 3 rings (SSSR count). The number of carbonyl (C=O) groups excluding carboxylic acids is 1. The third kappa shape index (κ3) is 4.16. The van der Waals surface area contributed by atoms with Gasteiger partial charge in [0.05, 0.1) is 28.9 Å². The van der Waals surface area contributed by atoms with Gasteiger partial charge in [0.25, 0.3) is 5.91 Å². The maximum Gasteiger partial charge on any atom is 0.259 e. The highest BCUT2D eigenvalue weighted by atomic mass is 32.2. The first kappa shape index (κ1) is 17.8. The van der Waals surface area contributed by atoms with Gasteiger partial charge in [-0.3, -0.25) is 4.79 Å². The fourth-order valence-electron chi connectivity index (χ4n) is 2.58. The molecule has 26 heavy (non-hydrogen) atoms. The summed E-state index contributed by atoms with van der Waals surface area (Å²) in [6.45, 7) is 1.82. The highest BCUT2D eigenvalue weighted by molar-refractivity contribution is 7.88. The number of nitrogens with two attached hydrogens (primary N) is 1. The van der Waals surface area contributed by atoms with Gasteiger partial charge in [-0.25, -0.2) is 18.2 Å². The number of anilines is 1. The zero-order chi connectivity index (χ0) is 18.7. The van der Waals surface area contributed by atoms with Gasteiger partial charge in [-0.15, -0.1) is 0 Å². The average Bonchev–Trinajstić information content (AvgIpc) is 2.98. The Labute approximate surface area is 151 Å². The molecule has 0 aliphatic carbocycles. The highest BCUT2D eigenvalue weighted by Gasteiger charge is 2.15. The molecule has 3 aromatic rings. The number of hydrogen-bond donors (Lipinski definition) is 2. The highest BCUT2D eigenvalue weighted by Crippen LogP contribution is 2.17. The van der Waals surface area contributed by atoms with E-state index in [9.17, 15) is 13.2 Å². The molecular weight excluding hydrogens is 352 g/mol. The largest absolute Gasteiger partial charge is 0.322 e. The van der Waals surface area contributed by atoms with Crippen molar-refractivity contribution in [2.45, 2.75) is 12.7 Å². The number of amides is 1. The molecule has 0 bridgehead atoms. The van der Waals surface area contributed by atoms with E-state index in [4.69, 9.17) is 5.14 Å². The van der Waals surface area contributed by atoms with Crippen LogP contribution in [0, 0.1) is 6.92 Å². The van der Waals surface area contributed by atoms with Crippen LogP contribution in [0.1, 0.15) is 21.6 Å². The van der Waals surface area contributed by atoms with Crippen LogP contribution in [0.4, 0.5) is 5.69 Å². The second-order valence-electron chi connectivity index (χ2n) is 5.85. The Morgan fingerprint density at radius 3 is 2.38 bits per heavy atom. The minimum atomic E-state index is -3.58. The van der Waals surface area contributed by atoms with Gasteiger partial charge >= 0.3 is 0 Å². The van der Waals surface area contributed by atoms with Crippen LogP contribution < -0.4 is 10.5 Å². The first-order valence-electron chi connectivity index (χ1n) is 7.84. The standard InChI is InChI=1S/C18H18N4O3S/c1-13-17(11-20-22(13)16-5-3-2-4-6-16)18(23)21-15-9-7-14(8-10-15)12-26(19,24)25/h2-11H,12H2,1H3,(H,21,23)(H2,19,24,25). The van der Waals surface area contributed by atoms with Crippen LogP contribution in [-0.2, 0) is 15.8 Å². The molecule has 8 heteroatoms. The Bertz CT molecular complexity index is 1030. The predicted molar refractivity (Wildman–Crippen MR) is 99.5 cm³/mol. The fourth-order valence-corrected chi connectivity index (χ4v) is 3.23. The minimum absolute atomic E-state index is 0.246. The lowest BCUT2D eigenvalue weighted by Gasteiger charge is -2.07. The van der Waals surface area contributed by atoms with E-state index in [0.29, 0.717) is 16.8 Å². The van der Waals surface area contributed by atoms with Gasteiger partial charge in [-0.2, -0.15) is 5.10 Å². The van der Waals surface area contributed by atoms with Gasteiger partial charge in [0.2, 0.25) is 10.0 Å². The normalized spacial score (nSPS) is 11.3. The number of primary sulfonamides is 1. The molecule has 0 fully saturated rings. The van der Waals surface area contributed by atoms with Crippen LogP contribution in [0.25, 0.3) is 5.69 Å². The maximum absolute atomic E-state index is 12.5. The van der Waals surface area contributed by atoms with E-state index in [-0.39, 0.29) is 11.7 Å². The van der Waals surface area contributed by atoms with E-state index in [1.807, 2.05) is 37.3 Å². The molecule has 7 nitrogen and oxygen atoms in total. The topological polar surface area (TPSA) is 107 Å². The Kier molecular flexibility index (Phi) is 4.88. The molecule has 0 spiro atoms. The summed E-state index contributed by atoms with van der Waals surface area (Å²) in [5.74, 6) is -0.534. The van der Waals surface area contributed by atoms with E-state index in [0.717, 1.165) is 11.4 Å². The van der Waals surface area contributed by atoms with Crippen molar-refractivity contribution in [3.8, 4) is 5.69 Å². The van der Waals surface area contributed by atoms with Gasteiger partial charge in [-0.05, 0) is 36.8 Å². The molecule has 0 saturated heterocycles. The fraction of sp³-hybridized carbons (Fsp3) is 0.111. The summed E-state index contributed by atoms with van der Waals surface area (Å²) < 4.78 is 23.9. The van der Waals surface area contributed by atoms with E-state index in [1.54, 1.807) is 28.9 Å². The summed E-state index contributed by atoms with van der Waals surface area (Å²) in [5.41, 5.74) is 3.16. The second kappa shape index (κ2) is 7.11. The molecule has 134 valence electrons. The van der Waals surface area contributed by atoms with Crippen LogP contribution in [0.2, 0.25) is 0 Å². The van der Waals surface area contributed by atoms with E-state index < -0.39 is 10.0 Å². The molecule has 0 unspecified atom stereocenters. The van der Waals surface area contributed by atoms with Crippen molar-refractivity contribution in [2.24, 2.45) is 5.14 Å². The summed E-state index contributed by atoms with van der Waals surface area (Å²) in [4.78, 5) is 12.5. The van der Waals surface area contributed by atoms with E-state index in [2.05, 4.69) is 10.4 Å². The second-order valence-corrected chi connectivity index (χ2v) is 7.46. The quantitative estimate of drug-likeness (QED) is 0.718. The monoisotopic (exact) mass is 370 g/mol. The molecule has 2 aromatic carbocycles. The number of nitrogens with zero attached hydrogens (tertiary/aromatic N) is 2. The number of aromatic nitrogens is 2. The third-order valence-corrected chi connectivity index (χ3v) is 4.57. The average molecular weight is 370 g/mol.